The van der Waals surface area contributed by atoms with Gasteiger partial charge in [0.15, 0.2) is 5.65 Å². The maximum absolute atomic E-state index is 12.2. The maximum atomic E-state index is 12.2. The van der Waals surface area contributed by atoms with Gasteiger partial charge < -0.3 is 20.3 Å². The van der Waals surface area contributed by atoms with Crippen molar-refractivity contribution in [3.05, 3.63) is 83.2 Å². The zero-order valence-electron chi connectivity index (χ0n) is 29.4. The van der Waals surface area contributed by atoms with Gasteiger partial charge in [0.2, 0.25) is 11.8 Å². The van der Waals surface area contributed by atoms with Crippen LogP contribution < -0.4 is 16.0 Å². The summed E-state index contributed by atoms with van der Waals surface area (Å²) in [6.45, 7) is 11.3. The van der Waals surface area contributed by atoms with Crippen molar-refractivity contribution in [3.8, 4) is 11.3 Å². The highest BCUT2D eigenvalue weighted by atomic mass is 16.6. The summed E-state index contributed by atoms with van der Waals surface area (Å²) in [5.41, 5.74) is 8.09. The van der Waals surface area contributed by atoms with Crippen LogP contribution in [-0.4, -0.2) is 68.7 Å². The molecule has 11 nitrogen and oxygen atoms in total. The average molecular weight is 678 g/mol. The van der Waals surface area contributed by atoms with Crippen molar-refractivity contribution in [2.24, 2.45) is 5.92 Å². The van der Waals surface area contributed by atoms with Gasteiger partial charge in [0.05, 0.1) is 11.9 Å². The highest BCUT2D eigenvalue weighted by Gasteiger charge is 2.41. The third kappa shape index (κ3) is 7.67. The Kier molecular flexibility index (Phi) is 9.34. The van der Waals surface area contributed by atoms with Crippen molar-refractivity contribution in [2.75, 3.05) is 25.0 Å². The number of piperidine rings is 2. The average Bonchev–Trinajstić information content (AvgIpc) is 3.70. The van der Waals surface area contributed by atoms with E-state index in [1.54, 1.807) is 0 Å². The second-order valence-electron chi connectivity index (χ2n) is 15.1. The van der Waals surface area contributed by atoms with Crippen LogP contribution in [0.15, 0.2) is 60.8 Å². The molecule has 11 heteroatoms. The number of imide groups is 1. The lowest BCUT2D eigenvalue weighted by Crippen LogP contribution is -2.47. The second-order valence-corrected chi connectivity index (χ2v) is 15.1. The van der Waals surface area contributed by atoms with Crippen molar-refractivity contribution in [3.63, 3.8) is 0 Å². The molecular weight excluding hydrogens is 630 g/mol. The van der Waals surface area contributed by atoms with Crippen LogP contribution in [0.3, 0.4) is 0 Å². The highest BCUT2D eigenvalue weighted by Crippen LogP contribution is 2.49. The monoisotopic (exact) mass is 677 g/mol. The Morgan fingerprint density at radius 3 is 2.52 bits per heavy atom. The van der Waals surface area contributed by atoms with E-state index in [0.29, 0.717) is 37.1 Å². The predicted molar refractivity (Wildman–Crippen MR) is 192 cm³/mol. The molecule has 0 radical (unpaired) electrons. The number of amides is 3. The summed E-state index contributed by atoms with van der Waals surface area (Å²) in [5, 5.41) is 17.3. The molecule has 4 aromatic rings. The molecule has 3 aliphatic rings. The molecule has 262 valence electrons. The number of benzene rings is 2. The molecule has 0 spiro atoms. The van der Waals surface area contributed by atoms with E-state index in [2.05, 4.69) is 97.0 Å². The van der Waals surface area contributed by atoms with E-state index in [1.807, 2.05) is 27.0 Å². The number of nitrogens with one attached hydrogen (secondary N) is 3. The number of fused-ring (bicyclic) bond motifs is 1. The number of carbonyl (C=O) groups excluding carboxylic acids is 3. The lowest BCUT2D eigenvalue weighted by molar-refractivity contribution is -0.133. The fourth-order valence-electron chi connectivity index (χ4n) is 7.49. The number of aryl methyl sites for hydroxylation is 1. The number of alkyl carbamates (subject to hydrolysis) is 1. The molecule has 7 rings (SSSR count). The SMILES string of the molecule is Cc1cc(-c2cnnc3ccc(C4CC4CN4CCC(c5ccc(NC6CCC(=O)NC6=O)cc5)CC4)n23)ccc1CNC(=O)OC(C)(C)C. The highest BCUT2D eigenvalue weighted by molar-refractivity contribution is 6.01. The molecule has 1 saturated carbocycles. The van der Waals surface area contributed by atoms with Gasteiger partial charge in [0.1, 0.15) is 11.6 Å². The van der Waals surface area contributed by atoms with E-state index in [4.69, 9.17) is 4.74 Å². The lowest BCUT2D eigenvalue weighted by Gasteiger charge is -2.32. The van der Waals surface area contributed by atoms with Gasteiger partial charge in [-0.1, -0.05) is 24.3 Å². The van der Waals surface area contributed by atoms with Gasteiger partial charge in [-0.25, -0.2) is 4.79 Å². The molecule has 3 fully saturated rings. The first kappa shape index (κ1) is 33.7. The molecule has 50 heavy (non-hydrogen) atoms. The predicted octanol–water partition coefficient (Wildman–Crippen LogP) is 5.93. The van der Waals surface area contributed by atoms with Gasteiger partial charge in [0.25, 0.3) is 0 Å². The standard InChI is InChI=1S/C39H47N7O4/c1-24-19-27(5-6-28(24)21-40-38(49)50-39(2,3)4)34-22-41-44-35-13-12-33(46(34)35)31-20-29(31)23-45-17-15-26(16-18-45)25-7-9-30(10-8-25)42-32-11-14-36(47)43-37(32)48/h5-10,12-13,19,22,26,29,31-32,42H,11,14-18,20-21,23H2,1-4H3,(H,40,49)(H,43,47,48). The molecule has 2 aromatic heterocycles. The Balaban J connectivity index is 0.940. The molecule has 2 aliphatic heterocycles. The number of hydrogen-bond donors (Lipinski definition) is 3. The van der Waals surface area contributed by atoms with Gasteiger partial charge in [-0.2, -0.15) is 5.10 Å². The minimum absolute atomic E-state index is 0.198. The molecule has 2 saturated heterocycles. The molecular formula is C39H47N7O4. The summed E-state index contributed by atoms with van der Waals surface area (Å²) in [5.74, 6) is 1.19. The normalized spacial score (nSPS) is 21.6. The Bertz CT molecular complexity index is 1890. The number of nitrogens with zero attached hydrogens (tertiary/aromatic N) is 4. The zero-order chi connectivity index (χ0) is 35.0. The molecule has 3 unspecified atom stereocenters. The maximum Gasteiger partial charge on any atom is 0.407 e. The summed E-state index contributed by atoms with van der Waals surface area (Å²) in [4.78, 5) is 38.4. The molecule has 1 aliphatic carbocycles. The first-order valence-corrected chi connectivity index (χ1v) is 17.8. The van der Waals surface area contributed by atoms with Crippen LogP contribution in [-0.2, 0) is 20.9 Å². The quantitative estimate of drug-likeness (QED) is 0.186. The minimum atomic E-state index is -0.537. The van der Waals surface area contributed by atoms with Gasteiger partial charge in [-0.3, -0.25) is 19.3 Å². The third-order valence-electron chi connectivity index (χ3n) is 10.3. The topological polar surface area (TPSA) is 130 Å². The summed E-state index contributed by atoms with van der Waals surface area (Å²) in [6.07, 6.45) is 5.75. The summed E-state index contributed by atoms with van der Waals surface area (Å²) < 4.78 is 7.66. The summed E-state index contributed by atoms with van der Waals surface area (Å²) in [6, 6.07) is 18.7. The number of aromatic nitrogens is 3. The van der Waals surface area contributed by atoms with Crippen LogP contribution in [0.5, 0.6) is 0 Å². The summed E-state index contributed by atoms with van der Waals surface area (Å²) >= 11 is 0. The molecule has 3 atom stereocenters. The van der Waals surface area contributed by atoms with E-state index in [-0.39, 0.29) is 17.9 Å². The second kappa shape index (κ2) is 13.9. The van der Waals surface area contributed by atoms with Crippen molar-refractivity contribution >= 4 is 29.2 Å². The fourth-order valence-corrected chi connectivity index (χ4v) is 7.49. The fraction of sp³-hybridized carbons (Fsp3) is 0.462. The van der Waals surface area contributed by atoms with Gasteiger partial charge in [0, 0.05) is 42.4 Å². The molecule has 4 heterocycles. The van der Waals surface area contributed by atoms with E-state index < -0.39 is 11.7 Å². The largest absolute Gasteiger partial charge is 0.444 e. The van der Waals surface area contributed by atoms with Crippen LogP contribution in [0.1, 0.15) is 87.1 Å². The van der Waals surface area contributed by atoms with E-state index >= 15 is 0 Å². The van der Waals surface area contributed by atoms with Gasteiger partial charge >= 0.3 is 6.09 Å². The van der Waals surface area contributed by atoms with Crippen LogP contribution in [0.25, 0.3) is 16.9 Å². The van der Waals surface area contributed by atoms with E-state index in [0.717, 1.165) is 66.2 Å². The van der Waals surface area contributed by atoms with Crippen molar-refractivity contribution in [1.82, 2.24) is 30.1 Å². The Morgan fingerprint density at radius 2 is 1.80 bits per heavy atom. The number of rotatable bonds is 9. The van der Waals surface area contributed by atoms with Crippen molar-refractivity contribution < 1.29 is 19.1 Å². The van der Waals surface area contributed by atoms with Crippen LogP contribution >= 0.6 is 0 Å². The van der Waals surface area contributed by atoms with Crippen molar-refractivity contribution in [2.45, 2.75) is 89.8 Å². The van der Waals surface area contributed by atoms with Crippen molar-refractivity contribution in [1.29, 1.82) is 0 Å². The smallest absolute Gasteiger partial charge is 0.407 e. The Labute approximate surface area is 293 Å². The Morgan fingerprint density at radius 1 is 1.02 bits per heavy atom. The minimum Gasteiger partial charge on any atom is -0.444 e. The first-order chi connectivity index (χ1) is 24.0. The summed E-state index contributed by atoms with van der Waals surface area (Å²) in [7, 11) is 0. The van der Waals surface area contributed by atoms with Gasteiger partial charge in [-0.15, -0.1) is 5.10 Å². The Hall–Kier alpha value is -4.77. The number of likely N-dealkylation sites (tertiary alicyclic amines) is 1. The van der Waals surface area contributed by atoms with Crippen LogP contribution in [0.4, 0.5) is 10.5 Å². The van der Waals surface area contributed by atoms with E-state index in [9.17, 15) is 14.4 Å². The molecule has 3 N–H and O–H groups in total. The van der Waals surface area contributed by atoms with Gasteiger partial charge in [-0.05, 0) is 125 Å². The molecule has 2 aromatic carbocycles. The van der Waals surface area contributed by atoms with Crippen LogP contribution in [0.2, 0.25) is 0 Å². The third-order valence-corrected chi connectivity index (χ3v) is 10.3. The number of carbonyl (C=O) groups is 3. The number of hydrogen-bond acceptors (Lipinski definition) is 8. The van der Waals surface area contributed by atoms with Crippen LogP contribution in [0, 0.1) is 12.8 Å². The lowest BCUT2D eigenvalue weighted by atomic mass is 9.89. The number of anilines is 1. The van der Waals surface area contributed by atoms with E-state index in [1.165, 1.54) is 17.7 Å². The molecule has 0 bridgehead atoms. The molecule has 3 amide bonds. The zero-order valence-corrected chi connectivity index (χ0v) is 29.4. The number of ether oxygens (including phenoxy) is 1. The first-order valence-electron chi connectivity index (χ1n) is 17.8.